The van der Waals surface area contributed by atoms with E-state index < -0.39 is 0 Å². The van der Waals surface area contributed by atoms with Gasteiger partial charge in [-0.2, -0.15) is 0 Å². The molecule has 0 unspecified atom stereocenters. The van der Waals surface area contributed by atoms with Crippen LogP contribution < -0.4 is 15.0 Å². The van der Waals surface area contributed by atoms with Crippen molar-refractivity contribution in [3.63, 3.8) is 0 Å². The number of aryl methyl sites for hydroxylation is 2. The van der Waals surface area contributed by atoms with Crippen LogP contribution in [0.4, 0.5) is 11.5 Å². The number of amides is 1. The van der Waals surface area contributed by atoms with Gasteiger partial charge in [-0.15, -0.1) is 0 Å². The summed E-state index contributed by atoms with van der Waals surface area (Å²) in [6.07, 6.45) is 9.07. The third-order valence-corrected chi connectivity index (χ3v) is 5.18. The predicted molar refractivity (Wildman–Crippen MR) is 103 cm³/mol. The molecule has 0 atom stereocenters. The molecule has 4 rings (SSSR count). The Morgan fingerprint density at radius 1 is 1.04 bits per heavy atom. The highest BCUT2D eigenvalue weighted by atomic mass is 16.5. The zero-order chi connectivity index (χ0) is 17.8. The molecule has 5 heteroatoms. The van der Waals surface area contributed by atoms with Gasteiger partial charge >= 0.3 is 0 Å². The molecule has 0 radical (unpaired) electrons. The summed E-state index contributed by atoms with van der Waals surface area (Å²) >= 11 is 0. The van der Waals surface area contributed by atoms with Gasteiger partial charge in [0.15, 0.2) is 6.61 Å². The minimum absolute atomic E-state index is 0.00561. The first-order valence-electron chi connectivity index (χ1n) is 9.53. The van der Waals surface area contributed by atoms with Crippen molar-refractivity contribution in [1.29, 1.82) is 0 Å². The zero-order valence-corrected chi connectivity index (χ0v) is 15.0. The standard InChI is InChI=1S/C21H25N3O2/c25-21(15-26-19-9-7-16-5-4-6-17(16)13-19)23-20-10-8-18(14-22-20)24-11-2-1-3-12-24/h7-10,13-14H,1-6,11-12,15H2,(H,22,23,25). The van der Waals surface area contributed by atoms with Crippen LogP contribution >= 0.6 is 0 Å². The monoisotopic (exact) mass is 351 g/mol. The van der Waals surface area contributed by atoms with Gasteiger partial charge in [0, 0.05) is 13.1 Å². The fourth-order valence-corrected chi connectivity index (χ4v) is 3.76. The summed E-state index contributed by atoms with van der Waals surface area (Å²) in [5.74, 6) is 1.13. The lowest BCUT2D eigenvalue weighted by molar-refractivity contribution is -0.118. The molecule has 1 aliphatic heterocycles. The summed E-state index contributed by atoms with van der Waals surface area (Å²) in [7, 11) is 0. The largest absolute Gasteiger partial charge is 0.484 e. The Kier molecular flexibility index (Phi) is 5.04. The van der Waals surface area contributed by atoms with E-state index in [0.29, 0.717) is 5.82 Å². The van der Waals surface area contributed by atoms with E-state index in [4.69, 9.17) is 4.74 Å². The Morgan fingerprint density at radius 2 is 1.88 bits per heavy atom. The molecule has 1 fully saturated rings. The Balaban J connectivity index is 1.29. The number of nitrogens with zero attached hydrogens (tertiary/aromatic N) is 2. The SMILES string of the molecule is O=C(COc1ccc2c(c1)CCC2)Nc1ccc(N2CCCCC2)cn1. The number of rotatable bonds is 5. The van der Waals surface area contributed by atoms with Crippen molar-refractivity contribution in [3.05, 3.63) is 47.7 Å². The van der Waals surface area contributed by atoms with E-state index in [1.807, 2.05) is 24.4 Å². The first kappa shape index (κ1) is 16.9. The maximum Gasteiger partial charge on any atom is 0.263 e. The average molecular weight is 351 g/mol. The summed E-state index contributed by atoms with van der Waals surface area (Å²) in [4.78, 5) is 18.8. The molecule has 2 aromatic rings. The summed E-state index contributed by atoms with van der Waals surface area (Å²) in [5.41, 5.74) is 3.87. The summed E-state index contributed by atoms with van der Waals surface area (Å²) in [6.45, 7) is 2.17. The number of hydrogen-bond acceptors (Lipinski definition) is 4. The number of carbonyl (C=O) groups is 1. The Labute approximate surface area is 154 Å². The van der Waals surface area contributed by atoms with Crippen molar-refractivity contribution in [2.75, 3.05) is 29.9 Å². The third kappa shape index (κ3) is 3.98. The minimum atomic E-state index is -0.191. The van der Waals surface area contributed by atoms with Crippen LogP contribution in [0.25, 0.3) is 0 Å². The third-order valence-electron chi connectivity index (χ3n) is 5.18. The molecule has 0 spiro atoms. The van der Waals surface area contributed by atoms with Crippen molar-refractivity contribution in [3.8, 4) is 5.75 Å². The molecule has 1 amide bonds. The quantitative estimate of drug-likeness (QED) is 0.895. The summed E-state index contributed by atoms with van der Waals surface area (Å²) in [5, 5.41) is 2.80. The lowest BCUT2D eigenvalue weighted by atomic mass is 10.1. The van der Waals surface area contributed by atoms with E-state index in [0.717, 1.165) is 37.4 Å². The predicted octanol–water partition coefficient (Wildman–Crippen LogP) is 3.58. The molecule has 136 valence electrons. The Morgan fingerprint density at radius 3 is 2.69 bits per heavy atom. The van der Waals surface area contributed by atoms with E-state index in [1.165, 1.54) is 36.8 Å². The van der Waals surface area contributed by atoms with Crippen LogP contribution in [0, 0.1) is 0 Å². The highest BCUT2D eigenvalue weighted by Gasteiger charge is 2.13. The highest BCUT2D eigenvalue weighted by Crippen LogP contribution is 2.26. The van der Waals surface area contributed by atoms with Gasteiger partial charge in [-0.25, -0.2) is 4.98 Å². The lowest BCUT2D eigenvalue weighted by Gasteiger charge is -2.28. The highest BCUT2D eigenvalue weighted by molar-refractivity contribution is 5.91. The van der Waals surface area contributed by atoms with Gasteiger partial charge in [-0.05, 0) is 73.9 Å². The van der Waals surface area contributed by atoms with E-state index >= 15 is 0 Å². The molecular weight excluding hydrogens is 326 g/mol. The van der Waals surface area contributed by atoms with Gasteiger partial charge in [0.2, 0.25) is 0 Å². The first-order valence-corrected chi connectivity index (χ1v) is 9.53. The van der Waals surface area contributed by atoms with Gasteiger partial charge in [0.25, 0.3) is 5.91 Å². The fraction of sp³-hybridized carbons (Fsp3) is 0.429. The van der Waals surface area contributed by atoms with Crippen LogP contribution in [-0.4, -0.2) is 30.6 Å². The molecule has 26 heavy (non-hydrogen) atoms. The summed E-state index contributed by atoms with van der Waals surface area (Å²) in [6, 6.07) is 9.99. The molecule has 1 aliphatic carbocycles. The molecule has 1 aromatic heterocycles. The second-order valence-electron chi connectivity index (χ2n) is 7.07. The lowest BCUT2D eigenvalue weighted by Crippen LogP contribution is -2.29. The van der Waals surface area contributed by atoms with Crippen LogP contribution in [0.15, 0.2) is 36.5 Å². The van der Waals surface area contributed by atoms with Crippen LogP contribution in [0.2, 0.25) is 0 Å². The van der Waals surface area contributed by atoms with E-state index in [9.17, 15) is 4.79 Å². The second kappa shape index (κ2) is 7.77. The molecule has 1 aromatic carbocycles. The van der Waals surface area contributed by atoms with Crippen molar-refractivity contribution in [2.24, 2.45) is 0 Å². The molecular formula is C21H25N3O2. The number of anilines is 2. The average Bonchev–Trinajstić information content (AvgIpc) is 3.15. The van der Waals surface area contributed by atoms with Crippen LogP contribution in [-0.2, 0) is 17.6 Å². The maximum atomic E-state index is 12.1. The molecule has 2 aliphatic rings. The minimum Gasteiger partial charge on any atom is -0.484 e. The van der Waals surface area contributed by atoms with Crippen LogP contribution in [0.5, 0.6) is 5.75 Å². The maximum absolute atomic E-state index is 12.1. The van der Waals surface area contributed by atoms with Gasteiger partial charge in [-0.3, -0.25) is 4.79 Å². The number of piperidine rings is 1. The zero-order valence-electron chi connectivity index (χ0n) is 15.0. The van der Waals surface area contributed by atoms with Crippen LogP contribution in [0.3, 0.4) is 0 Å². The van der Waals surface area contributed by atoms with E-state index in [2.05, 4.69) is 27.3 Å². The second-order valence-corrected chi connectivity index (χ2v) is 7.07. The first-order chi connectivity index (χ1) is 12.8. The van der Waals surface area contributed by atoms with Crippen molar-refractivity contribution < 1.29 is 9.53 Å². The fourth-order valence-electron chi connectivity index (χ4n) is 3.76. The van der Waals surface area contributed by atoms with Gasteiger partial charge in [-0.1, -0.05) is 6.07 Å². The molecule has 0 bridgehead atoms. The molecule has 5 nitrogen and oxygen atoms in total. The normalized spacial score (nSPS) is 16.2. The van der Waals surface area contributed by atoms with Crippen LogP contribution in [0.1, 0.15) is 36.8 Å². The van der Waals surface area contributed by atoms with Crippen molar-refractivity contribution >= 4 is 17.4 Å². The summed E-state index contributed by atoms with van der Waals surface area (Å²) < 4.78 is 5.64. The number of fused-ring (bicyclic) bond motifs is 1. The number of nitrogens with one attached hydrogen (secondary N) is 1. The van der Waals surface area contributed by atoms with Gasteiger partial charge < -0.3 is 15.0 Å². The smallest absolute Gasteiger partial charge is 0.263 e. The number of ether oxygens (including phenoxy) is 1. The Bertz CT molecular complexity index is 767. The van der Waals surface area contributed by atoms with E-state index in [-0.39, 0.29) is 12.5 Å². The van der Waals surface area contributed by atoms with E-state index in [1.54, 1.807) is 0 Å². The topological polar surface area (TPSA) is 54.5 Å². The number of pyridine rings is 1. The van der Waals surface area contributed by atoms with Crippen molar-refractivity contribution in [2.45, 2.75) is 38.5 Å². The van der Waals surface area contributed by atoms with Gasteiger partial charge in [0.05, 0.1) is 11.9 Å². The number of benzene rings is 1. The van der Waals surface area contributed by atoms with Crippen molar-refractivity contribution in [1.82, 2.24) is 4.98 Å². The number of hydrogen-bond donors (Lipinski definition) is 1. The van der Waals surface area contributed by atoms with Gasteiger partial charge in [0.1, 0.15) is 11.6 Å². The Hall–Kier alpha value is -2.56. The number of aromatic nitrogens is 1. The molecule has 2 heterocycles. The molecule has 1 saturated heterocycles. The molecule has 1 N–H and O–H groups in total. The molecule has 0 saturated carbocycles. The number of carbonyl (C=O) groups excluding carboxylic acids is 1.